The lowest BCUT2D eigenvalue weighted by Gasteiger charge is -2.10. The SMILES string of the molecule is Cc1ccc(OCC(=O)NCCOc2ccc(-c3ccccc3)nn2)c(C)c1. The standard InChI is InChI=1S/C22H23N3O3/c1-16-8-10-20(17(2)14-16)28-15-21(26)23-12-13-27-22-11-9-19(24-25-22)18-6-4-3-5-7-18/h3-11,14H,12-13,15H2,1-2H3,(H,23,26). The Bertz CT molecular complexity index is 912. The number of hydrogen-bond acceptors (Lipinski definition) is 5. The number of nitrogens with one attached hydrogen (secondary N) is 1. The number of carbonyl (C=O) groups excluding carboxylic acids is 1. The molecule has 144 valence electrons. The van der Waals surface area contributed by atoms with Gasteiger partial charge >= 0.3 is 0 Å². The molecule has 0 saturated heterocycles. The van der Waals surface area contributed by atoms with Gasteiger partial charge in [0.2, 0.25) is 5.88 Å². The summed E-state index contributed by atoms with van der Waals surface area (Å²) in [6.07, 6.45) is 0. The first-order valence-electron chi connectivity index (χ1n) is 9.10. The molecule has 1 amide bonds. The van der Waals surface area contributed by atoms with E-state index in [9.17, 15) is 4.79 Å². The van der Waals surface area contributed by atoms with Crippen molar-refractivity contribution >= 4 is 5.91 Å². The molecule has 0 bridgehead atoms. The van der Waals surface area contributed by atoms with Gasteiger partial charge in [-0.05, 0) is 31.5 Å². The molecule has 0 aliphatic carbocycles. The van der Waals surface area contributed by atoms with Gasteiger partial charge in [-0.1, -0.05) is 48.0 Å². The molecule has 0 radical (unpaired) electrons. The molecule has 3 aromatic rings. The molecule has 3 rings (SSSR count). The van der Waals surface area contributed by atoms with Crippen molar-refractivity contribution in [2.24, 2.45) is 0 Å². The van der Waals surface area contributed by atoms with Gasteiger partial charge in [-0.2, -0.15) is 0 Å². The molecular weight excluding hydrogens is 354 g/mol. The van der Waals surface area contributed by atoms with Crippen molar-refractivity contribution in [3.05, 3.63) is 71.8 Å². The number of carbonyl (C=O) groups is 1. The monoisotopic (exact) mass is 377 g/mol. The highest BCUT2D eigenvalue weighted by Gasteiger charge is 2.05. The van der Waals surface area contributed by atoms with E-state index in [-0.39, 0.29) is 12.5 Å². The number of rotatable bonds is 8. The Morgan fingerprint density at radius 3 is 2.50 bits per heavy atom. The van der Waals surface area contributed by atoms with Gasteiger partial charge in [0.05, 0.1) is 12.2 Å². The maximum atomic E-state index is 11.9. The zero-order valence-electron chi connectivity index (χ0n) is 16.0. The fourth-order valence-corrected chi connectivity index (χ4v) is 2.66. The van der Waals surface area contributed by atoms with E-state index < -0.39 is 0 Å². The minimum absolute atomic E-state index is 0.0323. The number of amides is 1. The first kappa shape index (κ1) is 19.4. The molecule has 0 aliphatic heterocycles. The van der Waals surface area contributed by atoms with Crippen LogP contribution < -0.4 is 14.8 Å². The van der Waals surface area contributed by atoms with Gasteiger partial charge in [0.15, 0.2) is 6.61 Å². The lowest BCUT2D eigenvalue weighted by Crippen LogP contribution is -2.32. The van der Waals surface area contributed by atoms with E-state index >= 15 is 0 Å². The van der Waals surface area contributed by atoms with Gasteiger partial charge in [-0.3, -0.25) is 4.79 Å². The summed E-state index contributed by atoms with van der Waals surface area (Å²) in [6, 6.07) is 19.3. The molecule has 0 saturated carbocycles. The highest BCUT2D eigenvalue weighted by molar-refractivity contribution is 5.77. The third-order valence-corrected chi connectivity index (χ3v) is 4.07. The lowest BCUT2D eigenvalue weighted by atomic mass is 10.1. The van der Waals surface area contributed by atoms with Crippen LogP contribution in [0.4, 0.5) is 0 Å². The maximum absolute atomic E-state index is 11.9. The summed E-state index contributed by atoms with van der Waals surface area (Å²) in [5.41, 5.74) is 3.95. The Morgan fingerprint density at radius 1 is 0.964 bits per heavy atom. The fourth-order valence-electron chi connectivity index (χ4n) is 2.66. The molecule has 0 spiro atoms. The van der Waals surface area contributed by atoms with Crippen LogP contribution in [0.5, 0.6) is 11.6 Å². The summed E-state index contributed by atoms with van der Waals surface area (Å²) in [5.74, 6) is 0.931. The van der Waals surface area contributed by atoms with Crippen LogP contribution in [0.3, 0.4) is 0 Å². The zero-order chi connectivity index (χ0) is 19.8. The summed E-state index contributed by atoms with van der Waals surface area (Å²) in [7, 11) is 0. The van der Waals surface area contributed by atoms with Crippen LogP contribution in [-0.4, -0.2) is 35.9 Å². The Hall–Kier alpha value is -3.41. The summed E-state index contributed by atoms with van der Waals surface area (Å²) < 4.78 is 11.1. The van der Waals surface area contributed by atoms with Crippen LogP contribution in [0.25, 0.3) is 11.3 Å². The zero-order valence-corrected chi connectivity index (χ0v) is 16.0. The van der Waals surface area contributed by atoms with E-state index in [0.717, 1.165) is 22.4 Å². The van der Waals surface area contributed by atoms with E-state index in [1.165, 1.54) is 0 Å². The van der Waals surface area contributed by atoms with E-state index in [1.54, 1.807) is 6.07 Å². The Balaban J connectivity index is 1.37. The molecule has 1 heterocycles. The van der Waals surface area contributed by atoms with Crippen LogP contribution in [0.15, 0.2) is 60.7 Å². The summed E-state index contributed by atoms with van der Waals surface area (Å²) >= 11 is 0. The van der Waals surface area contributed by atoms with Crippen molar-refractivity contribution in [1.29, 1.82) is 0 Å². The summed E-state index contributed by atoms with van der Waals surface area (Å²) in [5, 5.41) is 11.0. The van der Waals surface area contributed by atoms with Crippen LogP contribution in [0, 0.1) is 13.8 Å². The molecule has 0 atom stereocenters. The second-order valence-corrected chi connectivity index (χ2v) is 6.38. The van der Waals surface area contributed by atoms with Gasteiger partial charge in [0.25, 0.3) is 5.91 Å². The van der Waals surface area contributed by atoms with E-state index in [0.29, 0.717) is 24.8 Å². The first-order chi connectivity index (χ1) is 13.6. The average Bonchev–Trinajstić information content (AvgIpc) is 2.72. The molecule has 0 unspecified atom stereocenters. The van der Waals surface area contributed by atoms with Crippen LogP contribution in [0.2, 0.25) is 0 Å². The number of aromatic nitrogens is 2. The number of nitrogens with zero attached hydrogens (tertiary/aromatic N) is 2. The minimum atomic E-state index is -0.200. The Kier molecular flexibility index (Phi) is 6.57. The number of ether oxygens (including phenoxy) is 2. The maximum Gasteiger partial charge on any atom is 0.258 e. The average molecular weight is 377 g/mol. The molecule has 1 aromatic heterocycles. The second kappa shape index (κ2) is 9.50. The smallest absolute Gasteiger partial charge is 0.258 e. The topological polar surface area (TPSA) is 73.3 Å². The summed E-state index contributed by atoms with van der Waals surface area (Å²) in [4.78, 5) is 11.9. The van der Waals surface area contributed by atoms with Crippen molar-refractivity contribution in [2.75, 3.05) is 19.8 Å². The normalized spacial score (nSPS) is 10.4. The van der Waals surface area contributed by atoms with Gasteiger partial charge in [0.1, 0.15) is 12.4 Å². The predicted molar refractivity (Wildman–Crippen MR) is 107 cm³/mol. The van der Waals surface area contributed by atoms with Crippen LogP contribution in [-0.2, 0) is 4.79 Å². The molecule has 6 heteroatoms. The minimum Gasteiger partial charge on any atom is -0.484 e. The third kappa shape index (κ3) is 5.54. The molecule has 2 aromatic carbocycles. The van der Waals surface area contributed by atoms with Crippen molar-refractivity contribution in [3.8, 4) is 22.9 Å². The Labute approximate surface area is 164 Å². The highest BCUT2D eigenvalue weighted by atomic mass is 16.5. The van der Waals surface area contributed by atoms with E-state index in [1.807, 2.05) is 68.4 Å². The van der Waals surface area contributed by atoms with Gasteiger partial charge < -0.3 is 14.8 Å². The van der Waals surface area contributed by atoms with Crippen molar-refractivity contribution in [3.63, 3.8) is 0 Å². The largest absolute Gasteiger partial charge is 0.484 e. The van der Waals surface area contributed by atoms with Crippen molar-refractivity contribution in [2.45, 2.75) is 13.8 Å². The summed E-state index contributed by atoms with van der Waals surface area (Å²) in [6.45, 7) is 4.60. The lowest BCUT2D eigenvalue weighted by molar-refractivity contribution is -0.123. The third-order valence-electron chi connectivity index (χ3n) is 4.07. The number of aryl methyl sites for hydroxylation is 2. The number of hydrogen-bond donors (Lipinski definition) is 1. The quantitative estimate of drug-likeness (QED) is 0.610. The number of benzene rings is 2. The molecule has 28 heavy (non-hydrogen) atoms. The van der Waals surface area contributed by atoms with Gasteiger partial charge in [0, 0.05) is 11.6 Å². The van der Waals surface area contributed by atoms with E-state index in [4.69, 9.17) is 9.47 Å². The predicted octanol–water partition coefficient (Wildman–Crippen LogP) is 3.33. The molecule has 0 aliphatic rings. The highest BCUT2D eigenvalue weighted by Crippen LogP contribution is 2.18. The molecular formula is C22H23N3O3. The van der Waals surface area contributed by atoms with Gasteiger partial charge in [-0.15, -0.1) is 10.2 Å². The molecule has 6 nitrogen and oxygen atoms in total. The molecule has 1 N–H and O–H groups in total. The fraction of sp³-hybridized carbons (Fsp3) is 0.227. The van der Waals surface area contributed by atoms with E-state index in [2.05, 4.69) is 15.5 Å². The molecule has 0 fully saturated rings. The second-order valence-electron chi connectivity index (χ2n) is 6.38. The first-order valence-corrected chi connectivity index (χ1v) is 9.10. The van der Waals surface area contributed by atoms with Crippen molar-refractivity contribution in [1.82, 2.24) is 15.5 Å². The van der Waals surface area contributed by atoms with Crippen LogP contribution >= 0.6 is 0 Å². The van der Waals surface area contributed by atoms with Gasteiger partial charge in [-0.25, -0.2) is 0 Å². The van der Waals surface area contributed by atoms with Crippen molar-refractivity contribution < 1.29 is 14.3 Å². The van der Waals surface area contributed by atoms with Crippen LogP contribution in [0.1, 0.15) is 11.1 Å². The Morgan fingerprint density at radius 2 is 1.79 bits per heavy atom.